The Kier molecular flexibility index (Phi) is 6.88. The number of carbonyl (C=O) groups is 2. The van der Waals surface area contributed by atoms with Gasteiger partial charge in [0.15, 0.2) is 0 Å². The van der Waals surface area contributed by atoms with E-state index < -0.39 is 0 Å². The molecule has 35 heavy (non-hydrogen) atoms. The van der Waals surface area contributed by atoms with Crippen molar-refractivity contribution in [2.45, 2.75) is 25.4 Å². The second-order valence-corrected chi connectivity index (χ2v) is 9.77. The third-order valence-corrected chi connectivity index (χ3v) is 7.23. The van der Waals surface area contributed by atoms with Crippen molar-refractivity contribution in [3.63, 3.8) is 0 Å². The van der Waals surface area contributed by atoms with Crippen LogP contribution >= 0.6 is 11.6 Å². The third kappa shape index (κ3) is 5.11. The zero-order valence-electron chi connectivity index (χ0n) is 19.9. The molecule has 2 saturated heterocycles. The van der Waals surface area contributed by atoms with Crippen LogP contribution < -0.4 is 0 Å². The van der Waals surface area contributed by atoms with E-state index in [1.54, 1.807) is 0 Å². The molecule has 3 heterocycles. The molecule has 0 spiro atoms. The van der Waals surface area contributed by atoms with E-state index in [-0.39, 0.29) is 17.9 Å². The standard InChI is InChI=1S/C27H30ClN5O2/c1-30-13-5-8-24(30)27(35)32-16-14-31(15-17-32)26(34)23-19-33(18-20-6-3-2-4-7-20)29-25(23)21-9-11-22(28)12-10-21/h2-4,6-7,9-12,19,24H,5,8,13-18H2,1H3. The van der Waals surface area contributed by atoms with E-state index in [0.29, 0.717) is 49.0 Å². The van der Waals surface area contributed by atoms with E-state index in [4.69, 9.17) is 16.7 Å². The summed E-state index contributed by atoms with van der Waals surface area (Å²) in [6, 6.07) is 17.4. The fourth-order valence-electron chi connectivity index (χ4n) is 4.98. The molecule has 182 valence electrons. The van der Waals surface area contributed by atoms with Gasteiger partial charge in [0.2, 0.25) is 5.91 Å². The number of hydrogen-bond donors (Lipinski definition) is 0. The van der Waals surface area contributed by atoms with Crippen LogP contribution in [0.5, 0.6) is 0 Å². The topological polar surface area (TPSA) is 61.7 Å². The van der Waals surface area contributed by atoms with Gasteiger partial charge in [-0.25, -0.2) is 0 Å². The zero-order chi connectivity index (χ0) is 24.4. The minimum absolute atomic E-state index is 0.0232. The van der Waals surface area contributed by atoms with Gasteiger partial charge in [-0.05, 0) is 44.1 Å². The summed E-state index contributed by atoms with van der Waals surface area (Å²) in [4.78, 5) is 32.5. The highest BCUT2D eigenvalue weighted by atomic mass is 35.5. The van der Waals surface area contributed by atoms with Gasteiger partial charge in [-0.1, -0.05) is 54.1 Å². The Bertz CT molecular complexity index is 1190. The molecule has 2 aliphatic rings. The summed E-state index contributed by atoms with van der Waals surface area (Å²) in [5, 5.41) is 5.42. The number of nitrogens with zero attached hydrogens (tertiary/aromatic N) is 5. The number of aromatic nitrogens is 2. The largest absolute Gasteiger partial charge is 0.338 e. The first-order valence-corrected chi connectivity index (χ1v) is 12.5. The summed E-state index contributed by atoms with van der Waals surface area (Å²) in [6.45, 7) is 3.70. The summed E-state index contributed by atoms with van der Waals surface area (Å²) in [6.07, 6.45) is 3.82. The molecular formula is C27H30ClN5O2. The molecule has 3 aromatic rings. The van der Waals surface area contributed by atoms with Crippen molar-refractivity contribution < 1.29 is 9.59 Å². The maximum atomic E-state index is 13.6. The number of carbonyl (C=O) groups excluding carboxylic acids is 2. The minimum Gasteiger partial charge on any atom is -0.338 e. The van der Waals surface area contributed by atoms with Crippen LogP contribution in [0.1, 0.15) is 28.8 Å². The molecule has 2 fully saturated rings. The molecular weight excluding hydrogens is 462 g/mol. The lowest BCUT2D eigenvalue weighted by Crippen LogP contribution is -2.54. The predicted molar refractivity (Wildman–Crippen MR) is 136 cm³/mol. The molecule has 1 unspecified atom stereocenters. The maximum absolute atomic E-state index is 13.6. The Morgan fingerprint density at radius 3 is 2.29 bits per heavy atom. The van der Waals surface area contributed by atoms with Gasteiger partial charge in [-0.15, -0.1) is 0 Å². The Morgan fingerprint density at radius 2 is 1.63 bits per heavy atom. The predicted octanol–water partition coefficient (Wildman–Crippen LogP) is 3.63. The van der Waals surface area contributed by atoms with Crippen molar-refractivity contribution in [3.05, 3.63) is 76.9 Å². The van der Waals surface area contributed by atoms with Crippen molar-refractivity contribution in [1.82, 2.24) is 24.5 Å². The second-order valence-electron chi connectivity index (χ2n) is 9.34. The van der Waals surface area contributed by atoms with Crippen LogP contribution in [0, 0.1) is 0 Å². The molecule has 5 rings (SSSR count). The monoisotopic (exact) mass is 491 g/mol. The lowest BCUT2D eigenvalue weighted by Gasteiger charge is -2.36. The Balaban J connectivity index is 1.34. The molecule has 2 amide bonds. The molecule has 0 N–H and O–H groups in total. The SMILES string of the molecule is CN1CCCC1C(=O)N1CCN(C(=O)c2cn(Cc3ccccc3)nc2-c2ccc(Cl)cc2)CC1. The van der Waals surface area contributed by atoms with Gasteiger partial charge in [-0.3, -0.25) is 19.2 Å². The second kappa shape index (κ2) is 10.2. The Morgan fingerprint density at radius 1 is 0.943 bits per heavy atom. The lowest BCUT2D eigenvalue weighted by molar-refractivity contribution is -0.137. The van der Waals surface area contributed by atoms with E-state index >= 15 is 0 Å². The van der Waals surface area contributed by atoms with E-state index in [2.05, 4.69) is 4.90 Å². The number of benzene rings is 2. The Labute approximate surface area is 210 Å². The summed E-state index contributed by atoms with van der Waals surface area (Å²) < 4.78 is 1.82. The number of rotatable bonds is 5. The Hall–Kier alpha value is -3.16. The fraction of sp³-hybridized carbons (Fsp3) is 0.370. The quantitative estimate of drug-likeness (QED) is 0.547. The number of halogens is 1. The van der Waals surface area contributed by atoms with Gasteiger partial charge in [0.25, 0.3) is 5.91 Å². The fourth-order valence-corrected chi connectivity index (χ4v) is 5.11. The van der Waals surface area contributed by atoms with Gasteiger partial charge in [0, 0.05) is 43.0 Å². The summed E-state index contributed by atoms with van der Waals surface area (Å²) in [5.41, 5.74) is 3.18. The summed E-state index contributed by atoms with van der Waals surface area (Å²) in [7, 11) is 2.01. The number of likely N-dealkylation sites (tertiary alicyclic amines) is 1. The molecule has 7 nitrogen and oxygen atoms in total. The highest BCUT2D eigenvalue weighted by molar-refractivity contribution is 6.30. The highest BCUT2D eigenvalue weighted by Gasteiger charge is 2.34. The van der Waals surface area contributed by atoms with Crippen LogP contribution in [0.25, 0.3) is 11.3 Å². The number of piperazine rings is 1. The van der Waals surface area contributed by atoms with Crippen molar-refractivity contribution in [1.29, 1.82) is 0 Å². The molecule has 8 heteroatoms. The summed E-state index contributed by atoms with van der Waals surface area (Å²) in [5.74, 6) is 0.133. The highest BCUT2D eigenvalue weighted by Crippen LogP contribution is 2.26. The van der Waals surface area contributed by atoms with E-state index in [1.165, 1.54) is 0 Å². The third-order valence-electron chi connectivity index (χ3n) is 6.98. The van der Waals surface area contributed by atoms with Gasteiger partial charge in [0.1, 0.15) is 5.69 Å². The molecule has 2 aliphatic heterocycles. The molecule has 2 aromatic carbocycles. The van der Waals surface area contributed by atoms with Gasteiger partial charge < -0.3 is 9.80 Å². The average molecular weight is 492 g/mol. The molecule has 1 aromatic heterocycles. The molecule has 0 radical (unpaired) electrons. The lowest BCUT2D eigenvalue weighted by atomic mass is 10.1. The molecule has 0 saturated carbocycles. The van der Waals surface area contributed by atoms with Crippen LogP contribution in [0.2, 0.25) is 5.02 Å². The van der Waals surface area contributed by atoms with Crippen LogP contribution in [-0.4, -0.2) is 82.1 Å². The minimum atomic E-state index is -0.0562. The first-order chi connectivity index (χ1) is 17.0. The average Bonchev–Trinajstić information content (AvgIpc) is 3.50. The van der Waals surface area contributed by atoms with Crippen molar-refractivity contribution in [2.24, 2.45) is 0 Å². The smallest absolute Gasteiger partial charge is 0.257 e. The first kappa shape index (κ1) is 23.6. The maximum Gasteiger partial charge on any atom is 0.257 e. The van der Waals surface area contributed by atoms with Crippen LogP contribution in [0.15, 0.2) is 60.8 Å². The first-order valence-electron chi connectivity index (χ1n) is 12.2. The van der Waals surface area contributed by atoms with Crippen molar-refractivity contribution >= 4 is 23.4 Å². The summed E-state index contributed by atoms with van der Waals surface area (Å²) >= 11 is 6.10. The van der Waals surface area contributed by atoms with E-state index in [9.17, 15) is 9.59 Å². The number of amides is 2. The van der Waals surface area contributed by atoms with Crippen molar-refractivity contribution in [2.75, 3.05) is 39.8 Å². The van der Waals surface area contributed by atoms with Crippen LogP contribution in [0.3, 0.4) is 0 Å². The number of hydrogen-bond acceptors (Lipinski definition) is 4. The molecule has 1 atom stereocenters. The normalized spacial score (nSPS) is 18.7. The van der Waals surface area contributed by atoms with Gasteiger partial charge in [-0.2, -0.15) is 5.10 Å². The van der Waals surface area contributed by atoms with Crippen LogP contribution in [-0.2, 0) is 11.3 Å². The van der Waals surface area contributed by atoms with Gasteiger partial charge in [0.05, 0.1) is 18.2 Å². The molecule has 0 aliphatic carbocycles. The molecule has 0 bridgehead atoms. The zero-order valence-corrected chi connectivity index (χ0v) is 20.7. The van der Waals surface area contributed by atoms with E-state index in [0.717, 1.165) is 30.5 Å². The number of likely N-dealkylation sites (N-methyl/N-ethyl adjacent to an activating group) is 1. The van der Waals surface area contributed by atoms with Crippen LogP contribution in [0.4, 0.5) is 0 Å². The van der Waals surface area contributed by atoms with Crippen molar-refractivity contribution in [3.8, 4) is 11.3 Å². The van der Waals surface area contributed by atoms with E-state index in [1.807, 2.05) is 82.3 Å². The van der Waals surface area contributed by atoms with Gasteiger partial charge >= 0.3 is 0 Å².